The lowest BCUT2D eigenvalue weighted by Crippen LogP contribution is -3.06. The highest BCUT2D eigenvalue weighted by Gasteiger charge is 2.44. The molecule has 1 unspecified atom stereocenters. The van der Waals surface area contributed by atoms with Crippen LogP contribution in [-0.4, -0.2) is 58.0 Å². The van der Waals surface area contributed by atoms with Crippen molar-refractivity contribution >= 4 is 17.4 Å². The molecule has 1 aliphatic heterocycles. The smallest absolute Gasteiger partial charge is 0.295 e. The van der Waals surface area contributed by atoms with Crippen LogP contribution in [0.4, 0.5) is 0 Å². The van der Waals surface area contributed by atoms with E-state index < -0.39 is 23.5 Å². The van der Waals surface area contributed by atoms with Crippen LogP contribution in [-0.2, 0) is 16.2 Å². The molecule has 1 atom stereocenters. The van der Waals surface area contributed by atoms with Gasteiger partial charge < -0.3 is 29.1 Å². The third-order valence-electron chi connectivity index (χ3n) is 6.71. The predicted octanol–water partition coefficient (Wildman–Crippen LogP) is 1.96. The average Bonchev–Trinajstić information content (AvgIpc) is 3.19. The third kappa shape index (κ3) is 6.07. The van der Waals surface area contributed by atoms with Crippen LogP contribution < -0.4 is 24.2 Å². The molecule has 0 bridgehead atoms. The first kappa shape index (κ1) is 27.7. The second kappa shape index (κ2) is 12.0. The van der Waals surface area contributed by atoms with Gasteiger partial charge >= 0.3 is 0 Å². The van der Waals surface area contributed by atoms with Crippen molar-refractivity contribution in [3.63, 3.8) is 0 Å². The van der Waals surface area contributed by atoms with E-state index in [0.717, 1.165) is 16.0 Å². The quantitative estimate of drug-likeness (QED) is 0.245. The van der Waals surface area contributed by atoms with Gasteiger partial charge in [0.2, 0.25) is 5.78 Å². The number of nitrogens with one attached hydrogen (secondary N) is 1. The first-order valence-electron chi connectivity index (χ1n) is 12.8. The Hall–Kier alpha value is -4.30. The maximum atomic E-state index is 13.7. The van der Waals surface area contributed by atoms with Crippen LogP contribution in [0.1, 0.15) is 28.3 Å². The second-order valence-corrected chi connectivity index (χ2v) is 9.85. The Morgan fingerprint density at radius 3 is 2.31 bits per heavy atom. The molecule has 1 heterocycles. The summed E-state index contributed by atoms with van der Waals surface area (Å²) in [6.07, 6.45) is 0. The minimum absolute atomic E-state index is 0.0746. The molecule has 39 heavy (non-hydrogen) atoms. The Labute approximate surface area is 229 Å². The molecule has 1 amide bonds. The summed E-state index contributed by atoms with van der Waals surface area (Å²) >= 11 is 0. The molecule has 0 spiro atoms. The summed E-state index contributed by atoms with van der Waals surface area (Å²) < 4.78 is 16.7. The molecule has 8 heteroatoms. The zero-order chi connectivity index (χ0) is 28.1. The number of amides is 1. The number of rotatable bonds is 10. The molecule has 1 N–H and O–H groups in total. The average molecular weight is 531 g/mol. The number of ether oxygens (including phenoxy) is 3. The molecule has 1 fully saturated rings. The predicted molar refractivity (Wildman–Crippen MR) is 146 cm³/mol. The Morgan fingerprint density at radius 2 is 1.67 bits per heavy atom. The van der Waals surface area contributed by atoms with Gasteiger partial charge in [-0.1, -0.05) is 53.8 Å². The fraction of sp³-hybridized carbons (Fsp3) is 0.290. The number of benzene rings is 3. The number of carbonyl (C=O) groups is 2. The number of methoxy groups -OCH3 is 2. The number of aryl methyl sites for hydroxylation is 1. The summed E-state index contributed by atoms with van der Waals surface area (Å²) in [5.41, 5.74) is 3.02. The van der Waals surface area contributed by atoms with E-state index >= 15 is 0 Å². The molecule has 204 valence electrons. The summed E-state index contributed by atoms with van der Waals surface area (Å²) in [5.74, 6) is -0.403. The van der Waals surface area contributed by atoms with E-state index in [1.807, 2.05) is 39.2 Å². The Bertz CT molecular complexity index is 1380. The first-order valence-corrected chi connectivity index (χ1v) is 12.8. The summed E-state index contributed by atoms with van der Waals surface area (Å²) in [6.45, 7) is 3.34. The van der Waals surface area contributed by atoms with Gasteiger partial charge in [-0.2, -0.15) is 0 Å². The van der Waals surface area contributed by atoms with Gasteiger partial charge in [0.1, 0.15) is 12.4 Å². The van der Waals surface area contributed by atoms with Crippen LogP contribution in [0.5, 0.6) is 17.2 Å². The number of ketones is 1. The Morgan fingerprint density at radius 1 is 0.949 bits per heavy atom. The molecule has 0 saturated carbocycles. The normalized spacial score (nSPS) is 16.6. The molecular weight excluding hydrogens is 496 g/mol. The number of Topliss-reactive ketones (excluding diaryl/α,β-unsaturated/α-hetero) is 1. The molecule has 0 radical (unpaired) electrons. The largest absolute Gasteiger partial charge is 0.872 e. The number of likely N-dealkylation sites (tertiary alicyclic amines) is 1. The Balaban J connectivity index is 1.69. The van der Waals surface area contributed by atoms with E-state index in [0.29, 0.717) is 48.1 Å². The van der Waals surface area contributed by atoms with Gasteiger partial charge in [0, 0.05) is 5.57 Å². The number of hydrogen-bond donors (Lipinski definition) is 1. The number of hydrogen-bond acceptors (Lipinski definition) is 6. The third-order valence-corrected chi connectivity index (χ3v) is 6.71. The van der Waals surface area contributed by atoms with Gasteiger partial charge in [-0.15, -0.1) is 0 Å². The number of carbonyl (C=O) groups excluding carboxylic acids is 2. The van der Waals surface area contributed by atoms with Crippen LogP contribution in [0.3, 0.4) is 0 Å². The van der Waals surface area contributed by atoms with Gasteiger partial charge in [-0.3, -0.25) is 9.59 Å². The highest BCUT2D eigenvalue weighted by molar-refractivity contribution is 6.46. The van der Waals surface area contributed by atoms with Crippen molar-refractivity contribution in [3.05, 3.63) is 94.6 Å². The van der Waals surface area contributed by atoms with Gasteiger partial charge in [0.05, 0.1) is 47.4 Å². The van der Waals surface area contributed by atoms with Crippen LogP contribution in [0.25, 0.3) is 5.76 Å². The van der Waals surface area contributed by atoms with Gasteiger partial charge in [-0.05, 0) is 47.9 Å². The lowest BCUT2D eigenvalue weighted by molar-refractivity contribution is -0.857. The highest BCUT2D eigenvalue weighted by Crippen LogP contribution is 2.41. The maximum absolute atomic E-state index is 13.7. The molecular formula is C31H34N2O6. The summed E-state index contributed by atoms with van der Waals surface area (Å²) in [6, 6.07) is 19.0. The molecule has 1 aliphatic rings. The SMILES string of the molecule is COc1ccc(C2/C(=C(\[O-])c3ccc(OCc4cccc(C)c4)cc3)C(=O)C(=O)N2CC[NH+](C)C)cc1OC. The van der Waals surface area contributed by atoms with Crippen molar-refractivity contribution in [2.24, 2.45) is 0 Å². The van der Waals surface area contributed by atoms with E-state index in [4.69, 9.17) is 14.2 Å². The zero-order valence-corrected chi connectivity index (χ0v) is 22.9. The van der Waals surface area contributed by atoms with E-state index in [1.54, 1.807) is 42.5 Å². The van der Waals surface area contributed by atoms with E-state index in [2.05, 4.69) is 6.07 Å². The molecule has 1 saturated heterocycles. The molecule has 4 rings (SSSR count). The lowest BCUT2D eigenvalue weighted by Gasteiger charge is -2.28. The van der Waals surface area contributed by atoms with E-state index in [1.165, 1.54) is 19.1 Å². The first-order chi connectivity index (χ1) is 18.7. The van der Waals surface area contributed by atoms with Gasteiger partial charge in [0.25, 0.3) is 5.91 Å². The van der Waals surface area contributed by atoms with Crippen LogP contribution >= 0.6 is 0 Å². The van der Waals surface area contributed by atoms with Crippen molar-refractivity contribution < 1.29 is 33.8 Å². The fourth-order valence-electron chi connectivity index (χ4n) is 4.64. The molecule has 0 aliphatic carbocycles. The van der Waals surface area contributed by atoms with Gasteiger partial charge in [0.15, 0.2) is 11.5 Å². The molecule has 3 aromatic rings. The summed E-state index contributed by atoms with van der Waals surface area (Å²) in [4.78, 5) is 29.0. The standard InChI is InChI=1S/C31H34N2O6/c1-20-7-6-8-21(17-20)19-39-24-12-9-22(10-13-24)29(34)27-28(23-11-14-25(37-4)26(18-23)38-5)33(16-15-32(2)3)31(36)30(27)35/h6-14,17-18,28,34H,15-16,19H2,1-5H3/b29-27+. The summed E-state index contributed by atoms with van der Waals surface area (Å²) in [7, 11) is 6.97. The molecule has 0 aromatic heterocycles. The van der Waals surface area contributed by atoms with Crippen molar-refractivity contribution in [2.45, 2.75) is 19.6 Å². The van der Waals surface area contributed by atoms with Gasteiger partial charge in [-0.25, -0.2) is 0 Å². The fourth-order valence-corrected chi connectivity index (χ4v) is 4.64. The summed E-state index contributed by atoms with van der Waals surface area (Å²) in [5, 5.41) is 13.7. The number of nitrogens with zero attached hydrogens (tertiary/aromatic N) is 1. The molecule has 8 nitrogen and oxygen atoms in total. The second-order valence-electron chi connectivity index (χ2n) is 9.85. The zero-order valence-electron chi connectivity index (χ0n) is 22.9. The van der Waals surface area contributed by atoms with Crippen LogP contribution in [0.15, 0.2) is 72.3 Å². The van der Waals surface area contributed by atoms with Crippen LogP contribution in [0, 0.1) is 6.92 Å². The number of likely N-dealkylation sites (N-methyl/N-ethyl adjacent to an activating group) is 1. The van der Waals surface area contributed by atoms with E-state index in [9.17, 15) is 14.7 Å². The minimum atomic E-state index is -0.839. The van der Waals surface area contributed by atoms with Crippen molar-refractivity contribution in [1.29, 1.82) is 0 Å². The Kier molecular flexibility index (Phi) is 8.56. The minimum Gasteiger partial charge on any atom is -0.872 e. The van der Waals surface area contributed by atoms with Crippen LogP contribution in [0.2, 0.25) is 0 Å². The monoisotopic (exact) mass is 530 g/mol. The van der Waals surface area contributed by atoms with E-state index in [-0.39, 0.29) is 5.57 Å². The number of quaternary nitrogens is 1. The van der Waals surface area contributed by atoms with Crippen molar-refractivity contribution in [1.82, 2.24) is 4.90 Å². The highest BCUT2D eigenvalue weighted by atomic mass is 16.5. The van der Waals surface area contributed by atoms with Crippen molar-refractivity contribution in [2.75, 3.05) is 41.4 Å². The lowest BCUT2D eigenvalue weighted by atomic mass is 9.95. The topological polar surface area (TPSA) is 92.6 Å². The maximum Gasteiger partial charge on any atom is 0.295 e. The molecule has 3 aromatic carbocycles. The van der Waals surface area contributed by atoms with Crippen molar-refractivity contribution in [3.8, 4) is 17.2 Å².